The van der Waals surface area contributed by atoms with Crippen LogP contribution in [0, 0.1) is 0 Å². The van der Waals surface area contributed by atoms with Crippen molar-refractivity contribution in [3.63, 3.8) is 0 Å². The number of thioether (sulfide) groups is 1. The number of nitrogens with one attached hydrogen (secondary N) is 1. The molecule has 0 spiro atoms. The third kappa shape index (κ3) is 5.97. The number of benzene rings is 1. The molecule has 1 aromatic heterocycles. The maximum atomic E-state index is 12.5. The Hall–Kier alpha value is -1.09. The van der Waals surface area contributed by atoms with Gasteiger partial charge in [-0.2, -0.15) is 4.98 Å². The molecule has 0 aliphatic heterocycles. The molecule has 0 radical (unpaired) electrons. The Morgan fingerprint density at radius 1 is 1.27 bits per heavy atom. The molecular formula is C17H26ClN3O3S2. The molecule has 26 heavy (non-hydrogen) atoms. The number of hydrogen-bond donors (Lipinski definition) is 1. The van der Waals surface area contributed by atoms with E-state index >= 15 is 0 Å². The molecule has 146 valence electrons. The summed E-state index contributed by atoms with van der Waals surface area (Å²) < 4.78 is 30.3. The van der Waals surface area contributed by atoms with E-state index in [-0.39, 0.29) is 29.5 Å². The molecule has 2 unspecified atom stereocenters. The van der Waals surface area contributed by atoms with E-state index in [1.165, 1.54) is 11.8 Å². The van der Waals surface area contributed by atoms with Crippen molar-refractivity contribution in [2.45, 2.75) is 54.7 Å². The van der Waals surface area contributed by atoms with E-state index in [1.54, 1.807) is 12.1 Å². The highest BCUT2D eigenvalue weighted by Crippen LogP contribution is 2.37. The van der Waals surface area contributed by atoms with Crippen LogP contribution >= 0.6 is 24.2 Å². The van der Waals surface area contributed by atoms with Crippen molar-refractivity contribution in [2.75, 3.05) is 12.8 Å². The van der Waals surface area contributed by atoms with E-state index in [0.29, 0.717) is 34.3 Å². The van der Waals surface area contributed by atoms with Gasteiger partial charge in [0.05, 0.1) is 15.9 Å². The van der Waals surface area contributed by atoms with E-state index < -0.39 is 9.84 Å². The van der Waals surface area contributed by atoms with Crippen LogP contribution in [0.3, 0.4) is 0 Å². The Balaban J connectivity index is 0.00000338. The van der Waals surface area contributed by atoms with Crippen LogP contribution in [0.5, 0.6) is 0 Å². The van der Waals surface area contributed by atoms with Gasteiger partial charge in [-0.25, -0.2) is 8.42 Å². The van der Waals surface area contributed by atoms with Crippen molar-refractivity contribution in [1.82, 2.24) is 15.5 Å². The lowest BCUT2D eigenvalue weighted by atomic mass is 10.2. The van der Waals surface area contributed by atoms with Crippen LogP contribution in [0.2, 0.25) is 0 Å². The van der Waals surface area contributed by atoms with Gasteiger partial charge in [0.15, 0.2) is 15.7 Å². The minimum Gasteiger partial charge on any atom is -0.338 e. The molecular weight excluding hydrogens is 394 g/mol. The summed E-state index contributed by atoms with van der Waals surface area (Å²) in [5.74, 6) is 1.30. The average molecular weight is 420 g/mol. The fourth-order valence-electron chi connectivity index (χ4n) is 2.32. The second-order valence-corrected chi connectivity index (χ2v) is 9.43. The van der Waals surface area contributed by atoms with Crippen molar-refractivity contribution in [3.8, 4) is 0 Å². The number of aromatic nitrogens is 2. The predicted octanol–water partition coefficient (Wildman–Crippen LogP) is 3.68. The van der Waals surface area contributed by atoms with Crippen molar-refractivity contribution < 1.29 is 12.9 Å². The molecule has 0 amide bonds. The molecule has 0 saturated heterocycles. The average Bonchev–Trinajstić information content (AvgIpc) is 3.03. The normalized spacial score (nSPS) is 13.8. The number of hydrogen-bond acceptors (Lipinski definition) is 7. The van der Waals surface area contributed by atoms with Crippen molar-refractivity contribution in [1.29, 1.82) is 0 Å². The number of nitrogens with zero attached hydrogens (tertiary/aromatic N) is 2. The molecule has 2 atom stereocenters. The molecule has 0 aliphatic rings. The van der Waals surface area contributed by atoms with Gasteiger partial charge in [0.25, 0.3) is 0 Å². The summed E-state index contributed by atoms with van der Waals surface area (Å²) in [6.45, 7) is 5.85. The van der Waals surface area contributed by atoms with E-state index in [2.05, 4.69) is 15.5 Å². The molecule has 6 nitrogen and oxygen atoms in total. The molecule has 0 fully saturated rings. The SMILES string of the molecule is CCCS(=O)(=O)c1ccccc1SC(C)c1nc(CC(C)NC)no1.Cl. The van der Waals surface area contributed by atoms with E-state index in [0.717, 1.165) is 0 Å². The summed E-state index contributed by atoms with van der Waals surface area (Å²) >= 11 is 1.42. The molecule has 0 saturated carbocycles. The molecule has 0 bridgehead atoms. The lowest BCUT2D eigenvalue weighted by Gasteiger charge is -2.12. The molecule has 1 heterocycles. The molecule has 0 aliphatic carbocycles. The van der Waals surface area contributed by atoms with Crippen molar-refractivity contribution >= 4 is 34.0 Å². The van der Waals surface area contributed by atoms with E-state index in [4.69, 9.17) is 4.52 Å². The molecule has 2 rings (SSSR count). The molecule has 2 aromatic rings. The Morgan fingerprint density at radius 2 is 1.96 bits per heavy atom. The predicted molar refractivity (Wildman–Crippen MR) is 107 cm³/mol. The fourth-order valence-corrected chi connectivity index (χ4v) is 5.18. The minimum absolute atomic E-state index is 0. The van der Waals surface area contributed by atoms with Crippen LogP contribution < -0.4 is 5.32 Å². The molecule has 1 aromatic carbocycles. The van der Waals surface area contributed by atoms with Crippen LogP contribution in [-0.4, -0.2) is 37.4 Å². The number of rotatable bonds is 9. The fraction of sp³-hybridized carbons (Fsp3) is 0.529. The number of halogens is 1. The summed E-state index contributed by atoms with van der Waals surface area (Å²) in [5, 5.41) is 7.01. The molecule has 9 heteroatoms. The monoisotopic (exact) mass is 419 g/mol. The number of sulfone groups is 1. The highest BCUT2D eigenvalue weighted by Gasteiger charge is 2.22. The van der Waals surface area contributed by atoms with Crippen LogP contribution in [0.4, 0.5) is 0 Å². The van der Waals surface area contributed by atoms with Gasteiger partial charge in [-0.05, 0) is 39.4 Å². The maximum Gasteiger partial charge on any atom is 0.239 e. The van der Waals surface area contributed by atoms with Gasteiger partial charge in [0, 0.05) is 17.4 Å². The second kappa shape index (κ2) is 10.3. The van der Waals surface area contributed by atoms with Gasteiger partial charge >= 0.3 is 0 Å². The van der Waals surface area contributed by atoms with Gasteiger partial charge < -0.3 is 9.84 Å². The van der Waals surface area contributed by atoms with Gasteiger partial charge in [-0.3, -0.25) is 0 Å². The zero-order chi connectivity index (χ0) is 18.4. The van der Waals surface area contributed by atoms with Crippen LogP contribution in [0.25, 0.3) is 0 Å². The Morgan fingerprint density at radius 3 is 2.62 bits per heavy atom. The zero-order valence-corrected chi connectivity index (χ0v) is 17.9. The van der Waals surface area contributed by atoms with E-state index in [1.807, 2.05) is 40.0 Å². The first kappa shape index (κ1) is 23.0. The van der Waals surface area contributed by atoms with Crippen molar-refractivity contribution in [2.24, 2.45) is 0 Å². The first-order valence-corrected chi connectivity index (χ1v) is 10.9. The van der Waals surface area contributed by atoms with Crippen LogP contribution in [-0.2, 0) is 16.3 Å². The standard InChI is InChI=1S/C17H25N3O3S2.ClH/c1-5-10-25(21,22)15-9-7-6-8-14(15)24-13(3)17-19-16(20-23-17)11-12(2)18-4;/h6-9,12-13,18H,5,10-11H2,1-4H3;1H. The number of likely N-dealkylation sites (N-methyl/N-ethyl adjacent to an activating group) is 1. The largest absolute Gasteiger partial charge is 0.338 e. The summed E-state index contributed by atoms with van der Waals surface area (Å²) in [7, 11) is -1.39. The maximum absolute atomic E-state index is 12.5. The Labute approximate surface area is 165 Å². The first-order chi connectivity index (χ1) is 11.9. The summed E-state index contributed by atoms with van der Waals surface area (Å²) in [4.78, 5) is 5.52. The summed E-state index contributed by atoms with van der Waals surface area (Å²) in [5.41, 5.74) is 0. The third-order valence-corrected chi connectivity index (χ3v) is 7.04. The van der Waals surface area contributed by atoms with Crippen LogP contribution in [0.15, 0.2) is 38.6 Å². The zero-order valence-electron chi connectivity index (χ0n) is 15.4. The third-order valence-electron chi connectivity index (χ3n) is 3.77. The smallest absolute Gasteiger partial charge is 0.239 e. The minimum atomic E-state index is -3.28. The quantitative estimate of drug-likeness (QED) is 0.620. The van der Waals surface area contributed by atoms with Gasteiger partial charge in [0.2, 0.25) is 5.89 Å². The lowest BCUT2D eigenvalue weighted by Crippen LogP contribution is -2.24. The van der Waals surface area contributed by atoms with Crippen molar-refractivity contribution in [3.05, 3.63) is 36.0 Å². The topological polar surface area (TPSA) is 85.1 Å². The Bertz CT molecular complexity index is 796. The summed E-state index contributed by atoms with van der Waals surface area (Å²) in [6, 6.07) is 7.33. The highest BCUT2D eigenvalue weighted by molar-refractivity contribution is 8.00. The van der Waals surface area contributed by atoms with E-state index in [9.17, 15) is 8.42 Å². The Kier molecular flexibility index (Phi) is 9.09. The van der Waals surface area contributed by atoms with Gasteiger partial charge in [-0.1, -0.05) is 24.2 Å². The first-order valence-electron chi connectivity index (χ1n) is 8.35. The van der Waals surface area contributed by atoms with Gasteiger partial charge in [0.1, 0.15) is 0 Å². The van der Waals surface area contributed by atoms with Crippen LogP contribution in [0.1, 0.15) is 44.2 Å². The summed E-state index contributed by atoms with van der Waals surface area (Å²) in [6.07, 6.45) is 1.27. The highest BCUT2D eigenvalue weighted by atomic mass is 35.5. The second-order valence-electron chi connectivity index (χ2n) is 5.97. The lowest BCUT2D eigenvalue weighted by molar-refractivity contribution is 0.373. The molecule has 1 N–H and O–H groups in total. The van der Waals surface area contributed by atoms with Gasteiger partial charge in [-0.15, -0.1) is 24.2 Å².